The maximum atomic E-state index is 12.8. The van der Waals surface area contributed by atoms with Crippen LogP contribution in [0, 0.1) is 0 Å². The number of H-pyrrole nitrogens is 1. The Hall–Kier alpha value is -3.60. The van der Waals surface area contributed by atoms with Crippen LogP contribution in [-0.2, 0) is 17.6 Å². The van der Waals surface area contributed by atoms with Gasteiger partial charge in [-0.25, -0.2) is 4.98 Å². The highest BCUT2D eigenvalue weighted by Crippen LogP contribution is 2.20. The Bertz CT molecular complexity index is 1060. The van der Waals surface area contributed by atoms with E-state index in [0.717, 1.165) is 33.7 Å². The lowest BCUT2D eigenvalue weighted by molar-refractivity contribution is -0.121. The van der Waals surface area contributed by atoms with E-state index >= 15 is 0 Å². The minimum Gasteiger partial charge on any atom is -0.497 e. The van der Waals surface area contributed by atoms with Crippen LogP contribution in [0.2, 0.25) is 0 Å². The highest BCUT2D eigenvalue weighted by molar-refractivity contribution is 5.79. The van der Waals surface area contributed by atoms with Gasteiger partial charge in [-0.2, -0.15) is 0 Å². The van der Waals surface area contributed by atoms with Gasteiger partial charge in [0.15, 0.2) is 0 Å². The van der Waals surface area contributed by atoms with Crippen molar-refractivity contribution in [1.82, 2.24) is 15.3 Å². The topological polar surface area (TPSA) is 67.0 Å². The molecule has 0 saturated heterocycles. The van der Waals surface area contributed by atoms with Crippen LogP contribution in [0.4, 0.5) is 0 Å². The van der Waals surface area contributed by atoms with E-state index < -0.39 is 0 Å². The highest BCUT2D eigenvalue weighted by atomic mass is 16.5. The third-order valence-corrected chi connectivity index (χ3v) is 4.88. The van der Waals surface area contributed by atoms with Crippen molar-refractivity contribution in [1.29, 1.82) is 0 Å². The quantitative estimate of drug-likeness (QED) is 0.501. The van der Waals surface area contributed by atoms with Crippen molar-refractivity contribution in [3.63, 3.8) is 0 Å². The van der Waals surface area contributed by atoms with Gasteiger partial charge in [-0.1, -0.05) is 54.6 Å². The van der Waals surface area contributed by atoms with Crippen molar-refractivity contribution in [3.8, 4) is 5.75 Å². The van der Waals surface area contributed by atoms with Crippen molar-refractivity contribution >= 4 is 16.9 Å². The number of amides is 1. The van der Waals surface area contributed by atoms with E-state index in [1.54, 1.807) is 7.11 Å². The van der Waals surface area contributed by atoms with Crippen LogP contribution >= 0.6 is 0 Å². The smallest absolute Gasteiger partial charge is 0.225 e. The average molecular weight is 385 g/mol. The van der Waals surface area contributed by atoms with Crippen molar-refractivity contribution in [2.75, 3.05) is 7.11 Å². The number of para-hydroxylation sites is 2. The molecule has 4 aromatic rings. The van der Waals surface area contributed by atoms with Gasteiger partial charge in [0, 0.05) is 0 Å². The molecule has 0 fully saturated rings. The summed E-state index contributed by atoms with van der Waals surface area (Å²) in [7, 11) is 1.63. The number of hydrogen-bond acceptors (Lipinski definition) is 3. The first kappa shape index (κ1) is 18.7. The number of fused-ring (bicyclic) bond motifs is 1. The number of nitrogens with one attached hydrogen (secondary N) is 2. The Kier molecular flexibility index (Phi) is 5.56. The normalized spacial score (nSPS) is 11.9. The SMILES string of the molecule is COc1ccc(CC(=O)N[C@@H](Cc2ccccc2)c2nc3ccccc3[nH]2)cc1. The number of ether oxygens (including phenoxy) is 1. The summed E-state index contributed by atoms with van der Waals surface area (Å²) in [6.45, 7) is 0. The van der Waals surface area contributed by atoms with Crippen molar-refractivity contribution < 1.29 is 9.53 Å². The molecule has 0 saturated carbocycles. The van der Waals surface area contributed by atoms with Crippen LogP contribution in [0.15, 0.2) is 78.9 Å². The van der Waals surface area contributed by atoms with E-state index in [0.29, 0.717) is 12.8 Å². The Morgan fingerprint density at radius 3 is 2.41 bits per heavy atom. The molecule has 146 valence electrons. The number of imidazole rings is 1. The lowest BCUT2D eigenvalue weighted by Crippen LogP contribution is -2.32. The molecule has 1 heterocycles. The first-order chi connectivity index (χ1) is 14.2. The summed E-state index contributed by atoms with van der Waals surface area (Å²) in [5.74, 6) is 1.49. The molecule has 0 radical (unpaired) electrons. The molecule has 0 spiro atoms. The fraction of sp³-hybridized carbons (Fsp3) is 0.167. The van der Waals surface area contributed by atoms with Crippen LogP contribution in [0.1, 0.15) is 23.0 Å². The average Bonchev–Trinajstić information content (AvgIpc) is 3.19. The van der Waals surface area contributed by atoms with E-state index in [4.69, 9.17) is 9.72 Å². The number of benzene rings is 3. The first-order valence-electron chi connectivity index (χ1n) is 9.62. The van der Waals surface area contributed by atoms with Gasteiger partial charge in [-0.05, 0) is 41.8 Å². The maximum Gasteiger partial charge on any atom is 0.225 e. The molecule has 0 bridgehead atoms. The summed E-state index contributed by atoms with van der Waals surface area (Å²) < 4.78 is 5.18. The first-order valence-corrected chi connectivity index (χ1v) is 9.62. The molecule has 0 aliphatic carbocycles. The number of nitrogens with zero attached hydrogens (tertiary/aromatic N) is 1. The monoisotopic (exact) mass is 385 g/mol. The van der Waals surface area contributed by atoms with Gasteiger partial charge in [0.2, 0.25) is 5.91 Å². The van der Waals surface area contributed by atoms with E-state index in [1.165, 1.54) is 0 Å². The second-order valence-electron chi connectivity index (χ2n) is 6.97. The minimum atomic E-state index is -0.240. The van der Waals surface area contributed by atoms with Crippen molar-refractivity contribution in [2.24, 2.45) is 0 Å². The second kappa shape index (κ2) is 8.61. The van der Waals surface area contributed by atoms with Crippen LogP contribution < -0.4 is 10.1 Å². The van der Waals surface area contributed by atoms with Gasteiger partial charge in [0.25, 0.3) is 0 Å². The zero-order valence-corrected chi connectivity index (χ0v) is 16.3. The fourth-order valence-corrected chi connectivity index (χ4v) is 3.38. The molecule has 0 aliphatic rings. The van der Waals surface area contributed by atoms with Gasteiger partial charge in [-0.3, -0.25) is 4.79 Å². The molecule has 5 heteroatoms. The molecular weight excluding hydrogens is 362 g/mol. The molecule has 4 rings (SSSR count). The van der Waals surface area contributed by atoms with E-state index in [-0.39, 0.29) is 11.9 Å². The summed E-state index contributed by atoms with van der Waals surface area (Å²) in [5, 5.41) is 3.16. The fourth-order valence-electron chi connectivity index (χ4n) is 3.38. The number of rotatable bonds is 7. The third kappa shape index (κ3) is 4.63. The number of carbonyl (C=O) groups excluding carboxylic acids is 1. The number of carbonyl (C=O) groups is 1. The van der Waals surface area contributed by atoms with Crippen molar-refractivity contribution in [2.45, 2.75) is 18.9 Å². The second-order valence-corrected chi connectivity index (χ2v) is 6.97. The summed E-state index contributed by atoms with van der Waals surface area (Å²) in [4.78, 5) is 20.8. The molecule has 0 aliphatic heterocycles. The molecule has 5 nitrogen and oxygen atoms in total. The Labute approximate surface area is 169 Å². The Balaban J connectivity index is 1.54. The van der Waals surface area contributed by atoms with Crippen LogP contribution in [0.3, 0.4) is 0 Å². The van der Waals surface area contributed by atoms with Crippen LogP contribution in [-0.4, -0.2) is 23.0 Å². The molecule has 1 aromatic heterocycles. The Morgan fingerprint density at radius 2 is 1.69 bits per heavy atom. The Morgan fingerprint density at radius 1 is 0.966 bits per heavy atom. The predicted molar refractivity (Wildman–Crippen MR) is 114 cm³/mol. The number of hydrogen-bond donors (Lipinski definition) is 2. The summed E-state index contributed by atoms with van der Waals surface area (Å²) in [6.07, 6.45) is 0.963. The van der Waals surface area contributed by atoms with Gasteiger partial charge in [-0.15, -0.1) is 0 Å². The molecule has 0 unspecified atom stereocenters. The van der Waals surface area contributed by atoms with E-state index in [9.17, 15) is 4.79 Å². The summed E-state index contributed by atoms with van der Waals surface area (Å²) >= 11 is 0. The molecule has 29 heavy (non-hydrogen) atoms. The van der Waals surface area contributed by atoms with E-state index in [2.05, 4.69) is 22.4 Å². The van der Waals surface area contributed by atoms with Crippen LogP contribution in [0.5, 0.6) is 5.75 Å². The zero-order valence-electron chi connectivity index (χ0n) is 16.3. The van der Waals surface area contributed by atoms with E-state index in [1.807, 2.05) is 66.7 Å². The molecule has 1 atom stereocenters. The highest BCUT2D eigenvalue weighted by Gasteiger charge is 2.19. The number of aromatic nitrogens is 2. The van der Waals surface area contributed by atoms with Crippen LogP contribution in [0.25, 0.3) is 11.0 Å². The molecule has 2 N–H and O–H groups in total. The number of aromatic amines is 1. The molecular formula is C24H23N3O2. The largest absolute Gasteiger partial charge is 0.497 e. The summed E-state index contributed by atoms with van der Waals surface area (Å²) in [6, 6.07) is 25.3. The number of methoxy groups -OCH3 is 1. The van der Waals surface area contributed by atoms with Gasteiger partial charge >= 0.3 is 0 Å². The van der Waals surface area contributed by atoms with Gasteiger partial charge in [0.1, 0.15) is 11.6 Å². The summed E-state index contributed by atoms with van der Waals surface area (Å²) in [5.41, 5.74) is 3.93. The van der Waals surface area contributed by atoms with Gasteiger partial charge in [0.05, 0.1) is 30.6 Å². The third-order valence-electron chi connectivity index (χ3n) is 4.88. The molecule has 1 amide bonds. The lowest BCUT2D eigenvalue weighted by Gasteiger charge is -2.17. The predicted octanol–water partition coefficient (Wildman–Crippen LogP) is 4.21. The van der Waals surface area contributed by atoms with Gasteiger partial charge < -0.3 is 15.0 Å². The van der Waals surface area contributed by atoms with Crippen molar-refractivity contribution in [3.05, 3.63) is 95.8 Å². The maximum absolute atomic E-state index is 12.8. The standard InChI is InChI=1S/C24H23N3O2/c1-29-19-13-11-18(12-14-19)16-23(28)25-22(15-17-7-3-2-4-8-17)24-26-20-9-5-6-10-21(20)27-24/h2-14,22H,15-16H2,1H3,(H,25,28)(H,26,27)/t22-/m0/s1. The zero-order chi connectivity index (χ0) is 20.1. The lowest BCUT2D eigenvalue weighted by atomic mass is 10.0. The molecule has 3 aromatic carbocycles. The minimum absolute atomic E-state index is 0.0449.